The Balaban J connectivity index is 0.000000130. The molecule has 18 rings (SSSR count). The van der Waals surface area contributed by atoms with Gasteiger partial charge in [-0.2, -0.15) is 0 Å². The molecule has 12 heterocycles. The number of allylic oxidation sites excluding steroid dienone is 6. The first kappa shape index (κ1) is 87.9. The zero-order valence-electron chi connectivity index (χ0n) is 71.3. The Labute approximate surface area is 732 Å². The number of nitrogens with zero attached hydrogens (tertiary/aromatic N) is 11. The lowest BCUT2D eigenvalue weighted by molar-refractivity contribution is -0.113. The van der Waals surface area contributed by atoms with Crippen molar-refractivity contribution < 1.29 is 28.8 Å². The summed E-state index contributed by atoms with van der Waals surface area (Å²) in [6, 6.07) is 79.8. The molecule has 17 aromatic rings. The predicted octanol–water partition coefficient (Wildman–Crippen LogP) is 19.7. The fourth-order valence-electron chi connectivity index (χ4n) is 14.1. The lowest BCUT2D eigenvalue weighted by Crippen LogP contribution is -2.36. The van der Waals surface area contributed by atoms with Crippen molar-refractivity contribution in [2.24, 2.45) is 0 Å². The molecule has 0 fully saturated rings. The van der Waals surface area contributed by atoms with Crippen LogP contribution < -0.4 is 15.9 Å². The maximum absolute atomic E-state index is 11.0. The summed E-state index contributed by atoms with van der Waals surface area (Å²) < 4.78 is 13.0. The minimum Gasteiger partial charge on any atom is -0.386 e. The van der Waals surface area contributed by atoms with Gasteiger partial charge < -0.3 is 32.7 Å². The van der Waals surface area contributed by atoms with Gasteiger partial charge in [0.05, 0.1) is 39.1 Å². The maximum atomic E-state index is 11.0. The molecule has 11 aromatic heterocycles. The van der Waals surface area contributed by atoms with E-state index >= 15 is 0 Å². The monoisotopic (exact) mass is 1660 g/mol. The average Bonchev–Trinajstić information content (AvgIpc) is 1.69. The van der Waals surface area contributed by atoms with Crippen LogP contribution >= 0.6 is 0 Å². The summed E-state index contributed by atoms with van der Waals surface area (Å²) in [7, 11) is 0. The molecule has 1 aliphatic heterocycles. The average molecular weight is 1660 g/mol. The van der Waals surface area contributed by atoms with Gasteiger partial charge in [-0.15, -0.1) is 0 Å². The first-order valence-electron chi connectivity index (χ1n) is 41.6. The second-order valence-electron chi connectivity index (χ2n) is 30.5. The number of ketones is 6. The molecule has 126 heavy (non-hydrogen) atoms. The third-order valence-corrected chi connectivity index (χ3v) is 20.4. The fourth-order valence-corrected chi connectivity index (χ4v) is 14.1. The summed E-state index contributed by atoms with van der Waals surface area (Å²) >= 11 is 0. The number of pyridine rings is 5. The van der Waals surface area contributed by atoms with E-state index in [2.05, 4.69) is 228 Å². The molecule has 0 atom stereocenters. The fraction of sp³-hybridized carbons (Fsp3) is 0.120. The molecule has 0 saturated carbocycles. The van der Waals surface area contributed by atoms with Gasteiger partial charge in [-0.25, -0.2) is 9.97 Å². The molecule has 6 aromatic carbocycles. The van der Waals surface area contributed by atoms with E-state index in [9.17, 15) is 28.8 Å². The second kappa shape index (κ2) is 44.0. The van der Waals surface area contributed by atoms with Gasteiger partial charge in [0.2, 0.25) is 0 Å². The Bertz CT molecular complexity index is 6530. The van der Waals surface area contributed by atoms with E-state index in [-0.39, 0.29) is 34.7 Å². The van der Waals surface area contributed by atoms with E-state index in [0.717, 1.165) is 129 Å². The van der Waals surface area contributed by atoms with Crippen LogP contribution in [0.5, 0.6) is 0 Å². The lowest BCUT2D eigenvalue weighted by Gasteiger charge is -2.07. The molecule has 0 spiro atoms. The normalized spacial score (nSPS) is 11.6. The Hall–Kier alpha value is -16.0. The number of hydrogen-bond donors (Lipinski definition) is 1. The van der Waals surface area contributed by atoms with E-state index in [4.69, 9.17) is 0 Å². The quantitative estimate of drug-likeness (QED) is 0.0561. The summed E-state index contributed by atoms with van der Waals surface area (Å²) in [5.41, 5.74) is 20.9. The van der Waals surface area contributed by atoms with Crippen LogP contribution in [0.4, 0.5) is 0 Å². The first-order chi connectivity index (χ1) is 61.3. The first-order valence-corrected chi connectivity index (χ1v) is 41.6. The van der Waals surface area contributed by atoms with Crippen molar-refractivity contribution in [3.8, 4) is 0 Å². The molecular formula is C108H98N12O6. The van der Waals surface area contributed by atoms with Gasteiger partial charge in [0, 0.05) is 136 Å². The number of carbonyl (C=O) groups is 6. The van der Waals surface area contributed by atoms with E-state index < -0.39 is 0 Å². The van der Waals surface area contributed by atoms with E-state index in [1.165, 1.54) is 49.3 Å². The highest BCUT2D eigenvalue weighted by molar-refractivity contribution is 5.94. The summed E-state index contributed by atoms with van der Waals surface area (Å²) in [5.74, 6) is 0.360. The van der Waals surface area contributed by atoms with Crippen molar-refractivity contribution in [3.63, 3.8) is 0 Å². The number of rotatable bonds is 24. The molecule has 18 nitrogen and oxygen atoms in total. The Morgan fingerprint density at radius 1 is 0.302 bits per heavy atom. The number of aromatic nitrogens is 11. The molecule has 0 radical (unpaired) electrons. The molecule has 0 unspecified atom stereocenters. The smallest absolute Gasteiger partial charge is 0.152 e. The number of fused-ring (bicyclic) bond motifs is 6. The topological polar surface area (TPSA) is 208 Å². The Morgan fingerprint density at radius 2 is 0.643 bits per heavy atom. The van der Waals surface area contributed by atoms with Crippen LogP contribution in [0.25, 0.3) is 104 Å². The molecule has 0 saturated heterocycles. The van der Waals surface area contributed by atoms with Gasteiger partial charge in [-0.05, 0) is 259 Å². The van der Waals surface area contributed by atoms with Gasteiger partial charge >= 0.3 is 0 Å². The van der Waals surface area contributed by atoms with Crippen molar-refractivity contribution in [1.29, 1.82) is 0 Å². The minimum atomic E-state index is 0.0565. The standard InChI is InChI=1S/2C18H16N2O.C18H18N2O.3C18H16N2O/c1-14(21)7-8-15-4-2-5-16(12-15)13-20-11-9-17-18(20)6-3-10-19-17;1-14(21)7-8-15-4-2-5-16(12-15)13-20-11-9-17-6-3-10-19-18(17)20;1-14(21)2-3-15-4-6-16(7-5-15)13-20-11-9-17-8-10-19-12-18(17)20;1-14(21)4-5-15-6-8-16(9-7-15)13-20-12-10-17-18(20)3-2-11-19-17;1-14(21)4-5-15-6-8-16(9-7-15)13-20-12-10-17-3-2-11-19-18(17)20;1-14(21)5-6-15-3-2-4-16(11-15)13-20-10-8-17-7-9-19-12-18(17)20/h2*2-12H,13H2,1H3;2-9,11-12,19H,10,13H2,1H3;3*2-12H,13H2,1H3/b2*8-7+;3-2+;2*5-4+;6-5+. The number of nitrogens with one attached hydrogen (secondary N) is 1. The summed E-state index contributed by atoms with van der Waals surface area (Å²) in [4.78, 5) is 87.5. The van der Waals surface area contributed by atoms with Crippen molar-refractivity contribution in [3.05, 3.63) is 425 Å². The summed E-state index contributed by atoms with van der Waals surface area (Å²) in [6.07, 6.45) is 48.2. The number of hydrogen-bond acceptors (Lipinski definition) is 12. The summed E-state index contributed by atoms with van der Waals surface area (Å²) in [6.45, 7) is 15.0. The van der Waals surface area contributed by atoms with Crippen LogP contribution in [-0.4, -0.2) is 93.6 Å². The van der Waals surface area contributed by atoms with Crippen LogP contribution in [0.3, 0.4) is 0 Å². The van der Waals surface area contributed by atoms with E-state index in [1.54, 1.807) is 90.4 Å². The van der Waals surface area contributed by atoms with Crippen LogP contribution in [0.15, 0.2) is 347 Å². The molecule has 626 valence electrons. The molecular weight excluding hydrogens is 1560 g/mol. The predicted molar refractivity (Wildman–Crippen MR) is 511 cm³/mol. The van der Waals surface area contributed by atoms with Gasteiger partial charge in [0.15, 0.2) is 34.7 Å². The van der Waals surface area contributed by atoms with Crippen LogP contribution in [0.1, 0.15) is 108 Å². The molecule has 1 aliphatic rings. The largest absolute Gasteiger partial charge is 0.386 e. The van der Waals surface area contributed by atoms with Gasteiger partial charge in [-0.1, -0.05) is 170 Å². The zero-order valence-corrected chi connectivity index (χ0v) is 71.3. The van der Waals surface area contributed by atoms with Gasteiger partial charge in [0.25, 0.3) is 0 Å². The van der Waals surface area contributed by atoms with Crippen molar-refractivity contribution in [2.45, 2.75) is 80.8 Å². The molecule has 18 heteroatoms. The zero-order chi connectivity index (χ0) is 87.9. The highest BCUT2D eigenvalue weighted by atomic mass is 16.1. The van der Waals surface area contributed by atoms with Gasteiger partial charge in [-0.3, -0.25) is 43.7 Å². The van der Waals surface area contributed by atoms with Crippen LogP contribution in [0.2, 0.25) is 0 Å². The van der Waals surface area contributed by atoms with Crippen molar-refractivity contribution >= 4 is 138 Å². The molecule has 0 aliphatic carbocycles. The van der Waals surface area contributed by atoms with Crippen molar-refractivity contribution in [2.75, 3.05) is 6.54 Å². The maximum Gasteiger partial charge on any atom is 0.152 e. The molecule has 0 bridgehead atoms. The highest BCUT2D eigenvalue weighted by Gasteiger charge is 2.10. The third kappa shape index (κ3) is 26.0. The van der Waals surface area contributed by atoms with Crippen LogP contribution in [-0.2, 0) is 68.0 Å². The Morgan fingerprint density at radius 3 is 1.07 bits per heavy atom. The Kier molecular flexibility index (Phi) is 30.7. The number of carbonyl (C=O) groups excluding carboxylic acids is 6. The van der Waals surface area contributed by atoms with Crippen molar-refractivity contribution in [1.82, 2.24) is 57.6 Å². The summed E-state index contributed by atoms with van der Waals surface area (Å²) in [5, 5.41) is 9.25. The van der Waals surface area contributed by atoms with Gasteiger partial charge in [0.1, 0.15) is 11.3 Å². The highest BCUT2D eigenvalue weighted by Crippen LogP contribution is 2.23. The minimum absolute atomic E-state index is 0.0565. The molecule has 1 N–H and O–H groups in total. The second-order valence-corrected chi connectivity index (χ2v) is 30.5. The van der Waals surface area contributed by atoms with E-state index in [1.807, 2.05) is 177 Å². The third-order valence-electron chi connectivity index (χ3n) is 20.4. The van der Waals surface area contributed by atoms with E-state index in [0.29, 0.717) is 0 Å². The SMILES string of the molecule is CC(=O)/C=C/c1ccc(Cn2ccc3c2=CNCC=3)cc1.CC(=O)/C=C/c1ccc(Cn2ccc3cccnc32)cc1.CC(=O)/C=C/c1ccc(Cn2ccc3ncccc32)cc1.CC(=O)/C=C/c1cccc(Cn2ccc3cccnc32)c1.CC(=O)/C=C/c1cccc(Cn2ccc3ccncc32)c1.CC(=O)/C=C/c1cccc(Cn2ccc3ncccc32)c1. The lowest BCUT2D eigenvalue weighted by atomic mass is 10.1. The number of benzene rings is 6. The van der Waals surface area contributed by atoms with Crippen LogP contribution in [0, 0.1) is 0 Å². The molecule has 0 amide bonds.